The van der Waals surface area contributed by atoms with Gasteiger partial charge in [0.1, 0.15) is 37.6 Å². The van der Waals surface area contributed by atoms with Gasteiger partial charge in [0, 0.05) is 7.11 Å². The summed E-state index contributed by atoms with van der Waals surface area (Å²) >= 11 is 0. The summed E-state index contributed by atoms with van der Waals surface area (Å²) in [6.07, 6.45) is -20.1. The summed E-state index contributed by atoms with van der Waals surface area (Å²) in [4.78, 5) is 92.5. The third-order valence-electron chi connectivity index (χ3n) is 5.54. The van der Waals surface area contributed by atoms with E-state index in [1.165, 1.54) is 0 Å². The van der Waals surface area contributed by atoms with Crippen LogP contribution in [0.15, 0.2) is 0 Å². The van der Waals surface area contributed by atoms with E-state index in [4.69, 9.17) is 18.9 Å². The van der Waals surface area contributed by atoms with Crippen molar-refractivity contribution in [3.63, 3.8) is 0 Å². The molecule has 0 aromatic rings. The van der Waals surface area contributed by atoms with Crippen LogP contribution in [0.4, 0.5) is 0 Å². The maximum Gasteiger partial charge on any atom is 0.295 e. The first-order chi connectivity index (χ1) is 19.6. The molecule has 0 N–H and O–H groups in total. The fourth-order valence-electron chi connectivity index (χ4n) is 4.12. The topological polar surface area (TPSA) is 351 Å². The Hall–Kier alpha value is -4.96. The summed E-state index contributed by atoms with van der Waals surface area (Å²) in [5, 5.41) is 57.9. The lowest BCUT2D eigenvalue weighted by Gasteiger charge is -2.47. The number of rotatable bonds is 17. The van der Waals surface area contributed by atoms with Crippen molar-refractivity contribution in [1.82, 2.24) is 0 Å². The summed E-state index contributed by atoms with van der Waals surface area (Å²) < 4.78 is 21.3. The van der Waals surface area contributed by atoms with Crippen LogP contribution in [-0.4, -0.2) is 112 Å². The zero-order valence-corrected chi connectivity index (χ0v) is 20.9. The van der Waals surface area contributed by atoms with Crippen molar-refractivity contribution in [3.8, 4) is 0 Å². The van der Waals surface area contributed by atoms with Gasteiger partial charge >= 0.3 is 0 Å². The van der Waals surface area contributed by atoms with Gasteiger partial charge in [0.2, 0.25) is 0 Å². The van der Waals surface area contributed by atoms with Crippen LogP contribution in [0.25, 0.3) is 0 Å². The van der Waals surface area contributed by atoms with Crippen molar-refractivity contribution in [3.05, 3.63) is 60.7 Å². The second kappa shape index (κ2) is 14.6. The van der Waals surface area contributed by atoms with Crippen molar-refractivity contribution in [1.29, 1.82) is 0 Å². The fourth-order valence-corrected chi connectivity index (χ4v) is 4.12. The van der Waals surface area contributed by atoms with Crippen LogP contribution in [0.2, 0.25) is 0 Å². The standard InChI is InChI=1S/C14H20N6O22/c1-5-8(39-17(25)26)11(40-18(27)28)10(7(36-5)4-35-16(23)24)38-14-13(42-20(31)32)12(41-19(29)30)9(33-2)6(37-14)3-34-15(21)22/h5-14H,3-4H2,1-2H3/t5-,6?,7?,8?,9?,10?,11?,12?,13?,14?/m0/s1. The van der Waals surface area contributed by atoms with Crippen molar-refractivity contribution in [2.45, 2.75) is 68.1 Å². The van der Waals surface area contributed by atoms with Gasteiger partial charge in [-0.25, -0.2) is 0 Å². The van der Waals surface area contributed by atoms with Crippen LogP contribution >= 0.6 is 0 Å². The second-order valence-electron chi connectivity index (χ2n) is 7.94. The lowest BCUT2D eigenvalue weighted by Crippen LogP contribution is -2.66. The lowest BCUT2D eigenvalue weighted by molar-refractivity contribution is -0.810. The molecule has 2 aliphatic heterocycles. The molecule has 0 amide bonds. The minimum atomic E-state index is -2.36. The molecule has 2 fully saturated rings. The number of methoxy groups -OCH3 is 1. The Morgan fingerprint density at radius 1 is 0.548 bits per heavy atom. The maximum absolute atomic E-state index is 11.3. The molecule has 28 nitrogen and oxygen atoms in total. The van der Waals surface area contributed by atoms with Crippen LogP contribution in [0.1, 0.15) is 6.92 Å². The van der Waals surface area contributed by atoms with E-state index in [1.807, 2.05) is 0 Å². The Balaban J connectivity index is 2.61. The fraction of sp³-hybridized carbons (Fsp3) is 1.00. The van der Waals surface area contributed by atoms with Gasteiger partial charge in [0.25, 0.3) is 30.5 Å². The second-order valence-corrected chi connectivity index (χ2v) is 7.94. The monoisotopic (exact) mass is 624 g/mol. The molecule has 0 radical (unpaired) electrons. The Labute approximate surface area is 228 Å². The number of hydrogen-bond acceptors (Lipinski definition) is 22. The van der Waals surface area contributed by atoms with E-state index in [0.717, 1.165) is 14.0 Å². The highest BCUT2D eigenvalue weighted by molar-refractivity contribution is 4.96. The van der Waals surface area contributed by atoms with E-state index in [1.54, 1.807) is 0 Å². The minimum Gasteiger partial charge on any atom is -0.376 e. The van der Waals surface area contributed by atoms with Crippen LogP contribution in [0, 0.1) is 60.7 Å². The van der Waals surface area contributed by atoms with Gasteiger partial charge in [-0.2, -0.15) is 0 Å². The van der Waals surface area contributed by atoms with E-state index in [-0.39, 0.29) is 0 Å². The average molecular weight is 624 g/mol. The first kappa shape index (κ1) is 33.2. The van der Waals surface area contributed by atoms with Gasteiger partial charge in [0.05, 0.1) is 6.10 Å². The van der Waals surface area contributed by atoms with Gasteiger partial charge in [-0.3, -0.25) is 0 Å². The molecule has 2 heterocycles. The first-order valence-electron chi connectivity index (χ1n) is 10.9. The van der Waals surface area contributed by atoms with Crippen LogP contribution < -0.4 is 0 Å². The van der Waals surface area contributed by atoms with Crippen molar-refractivity contribution >= 4 is 0 Å². The Kier molecular flexibility index (Phi) is 11.6. The summed E-state index contributed by atoms with van der Waals surface area (Å²) in [6, 6.07) is 0. The van der Waals surface area contributed by atoms with Crippen molar-refractivity contribution in [2.75, 3.05) is 20.3 Å². The largest absolute Gasteiger partial charge is 0.376 e. The number of hydrogen-bond donors (Lipinski definition) is 0. The lowest BCUT2D eigenvalue weighted by atomic mass is 9.94. The van der Waals surface area contributed by atoms with E-state index >= 15 is 0 Å². The quantitative estimate of drug-likeness (QED) is 0.120. The third-order valence-corrected chi connectivity index (χ3v) is 5.54. The van der Waals surface area contributed by atoms with E-state index < -0.39 is 105 Å². The Morgan fingerprint density at radius 3 is 1.38 bits per heavy atom. The molecule has 0 bridgehead atoms. The molecular formula is C14H20N6O22. The SMILES string of the molecule is COC1C(CO[N+](=O)[O-])OC(OC2C(CO[N+](=O)[O-])O[C@@H](C)C(O[N+](=O)[O-])C2O[N+](=O)[O-])C(O[N+](=O)[O-])C1O[N+](=O)[O-]. The third kappa shape index (κ3) is 9.03. The molecule has 0 spiro atoms. The molecule has 2 saturated heterocycles. The highest BCUT2D eigenvalue weighted by Gasteiger charge is 2.56. The molecule has 0 aliphatic carbocycles. The maximum atomic E-state index is 11.3. The number of nitrogens with zero attached hydrogens (tertiary/aromatic N) is 6. The normalized spacial score (nSPS) is 32.4. The Morgan fingerprint density at radius 2 is 0.952 bits per heavy atom. The molecular weight excluding hydrogens is 604 g/mol. The molecule has 0 aromatic heterocycles. The molecule has 10 atom stereocenters. The summed E-state index contributed by atoms with van der Waals surface area (Å²) in [5.74, 6) is 0. The highest BCUT2D eigenvalue weighted by atomic mass is 17.0. The van der Waals surface area contributed by atoms with Crippen LogP contribution in [-0.2, 0) is 48.0 Å². The first-order valence-corrected chi connectivity index (χ1v) is 10.9. The summed E-state index contributed by atoms with van der Waals surface area (Å²) in [5.41, 5.74) is 0. The van der Waals surface area contributed by atoms with Gasteiger partial charge in [-0.05, 0) is 6.92 Å². The summed E-state index contributed by atoms with van der Waals surface area (Å²) in [6.45, 7) is -1.07. The molecule has 28 heteroatoms. The van der Waals surface area contributed by atoms with Gasteiger partial charge < -0.3 is 48.0 Å². The van der Waals surface area contributed by atoms with Crippen molar-refractivity contribution in [2.24, 2.45) is 0 Å². The molecule has 0 saturated carbocycles. The molecule has 42 heavy (non-hydrogen) atoms. The minimum absolute atomic E-state index is 0.899. The van der Waals surface area contributed by atoms with Crippen LogP contribution in [0.5, 0.6) is 0 Å². The van der Waals surface area contributed by atoms with Gasteiger partial charge in [-0.1, -0.05) is 0 Å². The van der Waals surface area contributed by atoms with E-state index in [9.17, 15) is 60.7 Å². The molecule has 2 aliphatic rings. The van der Waals surface area contributed by atoms with E-state index in [0.29, 0.717) is 0 Å². The zero-order chi connectivity index (χ0) is 31.7. The molecule has 238 valence electrons. The Bertz CT molecular complexity index is 1020. The van der Waals surface area contributed by atoms with Gasteiger partial charge in [0.15, 0.2) is 30.7 Å². The molecule has 2 rings (SSSR count). The predicted octanol–water partition coefficient (Wildman–Crippen LogP) is -2.38. The predicted molar refractivity (Wildman–Crippen MR) is 112 cm³/mol. The molecule has 0 aromatic carbocycles. The van der Waals surface area contributed by atoms with Crippen LogP contribution in [0.3, 0.4) is 0 Å². The zero-order valence-electron chi connectivity index (χ0n) is 20.9. The highest BCUT2D eigenvalue weighted by Crippen LogP contribution is 2.34. The average Bonchev–Trinajstić information content (AvgIpc) is 2.86. The summed E-state index contributed by atoms with van der Waals surface area (Å²) in [7, 11) is 0.899. The number of ether oxygens (including phenoxy) is 4. The van der Waals surface area contributed by atoms with Gasteiger partial charge in [-0.15, -0.1) is 60.7 Å². The van der Waals surface area contributed by atoms with E-state index in [2.05, 4.69) is 29.0 Å². The smallest absolute Gasteiger partial charge is 0.295 e. The van der Waals surface area contributed by atoms with Crippen molar-refractivity contribution < 1.29 is 78.5 Å². The molecule has 9 unspecified atom stereocenters.